The molecule has 3 aliphatic carbocycles. The molecule has 0 saturated heterocycles. The Morgan fingerprint density at radius 3 is 2.50 bits per heavy atom. The van der Waals surface area contributed by atoms with Gasteiger partial charge in [0, 0.05) is 0 Å². The van der Waals surface area contributed by atoms with Gasteiger partial charge in [-0.25, -0.2) is 0 Å². The smallest absolute Gasteiger partial charge is 0.0139 e. The zero-order valence-electron chi connectivity index (χ0n) is 10.3. The summed E-state index contributed by atoms with van der Waals surface area (Å²) in [5.74, 6) is 3.87. The molecule has 2 saturated carbocycles. The first-order valence-electron chi connectivity index (χ1n) is 7.28. The molecule has 0 aromatic rings. The van der Waals surface area contributed by atoms with Crippen molar-refractivity contribution in [2.24, 2.45) is 23.7 Å². The van der Waals surface area contributed by atoms with Gasteiger partial charge in [-0.3, -0.25) is 0 Å². The molecule has 3 atom stereocenters. The van der Waals surface area contributed by atoms with Crippen LogP contribution in [0.25, 0.3) is 0 Å². The van der Waals surface area contributed by atoms with E-state index >= 15 is 0 Å². The number of hydrogen-bond donors (Lipinski definition) is 0. The first-order valence-corrected chi connectivity index (χ1v) is 7.28. The van der Waals surface area contributed by atoms with Crippen LogP contribution in [0, 0.1) is 23.7 Å². The Hall–Kier alpha value is -0.520. The average molecular weight is 216 g/mol. The van der Waals surface area contributed by atoms with E-state index in [4.69, 9.17) is 0 Å². The second kappa shape index (κ2) is 4.77. The second-order valence-electron chi connectivity index (χ2n) is 6.08. The molecular weight excluding hydrogens is 192 g/mol. The van der Waals surface area contributed by atoms with Crippen molar-refractivity contribution in [3.63, 3.8) is 0 Å². The number of hydrogen-bond acceptors (Lipinski definition) is 0. The fourth-order valence-corrected chi connectivity index (χ4v) is 4.15. The zero-order chi connectivity index (χ0) is 10.8. The molecule has 16 heavy (non-hydrogen) atoms. The van der Waals surface area contributed by atoms with Crippen LogP contribution in [0.4, 0.5) is 0 Å². The molecule has 0 nitrogen and oxygen atoms in total. The Bertz CT molecular complexity index is 280. The van der Waals surface area contributed by atoms with Crippen molar-refractivity contribution in [1.29, 1.82) is 0 Å². The van der Waals surface area contributed by atoms with Gasteiger partial charge in [0.1, 0.15) is 0 Å². The van der Waals surface area contributed by atoms with E-state index < -0.39 is 0 Å². The zero-order valence-corrected chi connectivity index (χ0v) is 10.3. The van der Waals surface area contributed by atoms with E-state index in [1.54, 1.807) is 0 Å². The quantitative estimate of drug-likeness (QED) is 0.640. The summed E-state index contributed by atoms with van der Waals surface area (Å²) in [6.45, 7) is 0. The minimum absolute atomic E-state index is 0.888. The lowest BCUT2D eigenvalue weighted by Gasteiger charge is -2.22. The molecule has 0 spiro atoms. The van der Waals surface area contributed by atoms with E-state index in [9.17, 15) is 0 Å². The van der Waals surface area contributed by atoms with Crippen LogP contribution in [0.15, 0.2) is 24.3 Å². The van der Waals surface area contributed by atoms with Gasteiger partial charge in [0.05, 0.1) is 0 Å². The van der Waals surface area contributed by atoms with Crippen LogP contribution < -0.4 is 0 Å². The van der Waals surface area contributed by atoms with Gasteiger partial charge in [0.25, 0.3) is 0 Å². The highest BCUT2D eigenvalue weighted by atomic mass is 14.4. The van der Waals surface area contributed by atoms with Gasteiger partial charge in [-0.15, -0.1) is 0 Å². The van der Waals surface area contributed by atoms with Crippen LogP contribution in [-0.2, 0) is 0 Å². The summed E-state index contributed by atoms with van der Waals surface area (Å²) in [6, 6.07) is 0. The number of fused-ring (bicyclic) bond motifs is 1. The second-order valence-corrected chi connectivity index (χ2v) is 6.08. The van der Waals surface area contributed by atoms with Crippen LogP contribution in [-0.4, -0.2) is 0 Å². The summed E-state index contributed by atoms with van der Waals surface area (Å²) < 4.78 is 0. The molecule has 0 heteroatoms. The molecule has 88 valence electrons. The van der Waals surface area contributed by atoms with Gasteiger partial charge in [0.2, 0.25) is 0 Å². The predicted octanol–water partition coefficient (Wildman–Crippen LogP) is 4.73. The lowest BCUT2D eigenvalue weighted by molar-refractivity contribution is 0.347. The maximum absolute atomic E-state index is 2.48. The summed E-state index contributed by atoms with van der Waals surface area (Å²) in [5.41, 5.74) is 0. The van der Waals surface area contributed by atoms with E-state index in [-0.39, 0.29) is 0 Å². The molecule has 0 N–H and O–H groups in total. The fourth-order valence-electron chi connectivity index (χ4n) is 4.15. The molecular formula is C16H24. The molecule has 0 heterocycles. The summed E-state index contributed by atoms with van der Waals surface area (Å²) >= 11 is 0. The average Bonchev–Trinajstić information content (AvgIpc) is 2.96. The van der Waals surface area contributed by atoms with Crippen LogP contribution in [0.3, 0.4) is 0 Å². The van der Waals surface area contributed by atoms with Crippen molar-refractivity contribution < 1.29 is 0 Å². The molecule has 0 aromatic carbocycles. The molecule has 0 aliphatic heterocycles. The van der Waals surface area contributed by atoms with Crippen molar-refractivity contribution in [3.05, 3.63) is 24.3 Å². The molecule has 3 aliphatic rings. The Morgan fingerprint density at radius 1 is 0.812 bits per heavy atom. The standard InChI is InChI=1S/C16H24/c1-2-6-13(5-1)9-10-15-12-11-14-7-3-4-8-16(14)15/h3-4,7-8,13-16H,1-2,5-6,9-12H2. The maximum Gasteiger partial charge on any atom is -0.0139 e. The molecule has 0 radical (unpaired) electrons. The first kappa shape index (κ1) is 10.6. The van der Waals surface area contributed by atoms with Crippen molar-refractivity contribution in [1.82, 2.24) is 0 Å². The molecule has 0 amide bonds. The first-order chi connectivity index (χ1) is 7.93. The highest BCUT2D eigenvalue weighted by molar-refractivity contribution is 5.17. The van der Waals surface area contributed by atoms with E-state index in [2.05, 4.69) is 24.3 Å². The van der Waals surface area contributed by atoms with Gasteiger partial charge in [-0.05, 0) is 42.9 Å². The van der Waals surface area contributed by atoms with Gasteiger partial charge < -0.3 is 0 Å². The van der Waals surface area contributed by atoms with E-state index in [1.165, 1.54) is 51.4 Å². The van der Waals surface area contributed by atoms with Gasteiger partial charge in [-0.1, -0.05) is 56.4 Å². The molecule has 0 bridgehead atoms. The summed E-state index contributed by atoms with van der Waals surface area (Å²) in [6.07, 6.45) is 21.5. The van der Waals surface area contributed by atoms with Crippen LogP contribution in [0.2, 0.25) is 0 Å². The Kier molecular flexibility index (Phi) is 3.17. The topological polar surface area (TPSA) is 0 Å². The minimum atomic E-state index is 0.888. The number of allylic oxidation sites excluding steroid dienone is 4. The summed E-state index contributed by atoms with van der Waals surface area (Å²) in [7, 11) is 0. The molecule has 3 unspecified atom stereocenters. The Morgan fingerprint density at radius 2 is 1.62 bits per heavy atom. The third-order valence-corrected chi connectivity index (χ3v) is 5.13. The van der Waals surface area contributed by atoms with Crippen LogP contribution >= 0.6 is 0 Å². The van der Waals surface area contributed by atoms with Gasteiger partial charge >= 0.3 is 0 Å². The number of rotatable bonds is 3. The molecule has 0 aromatic heterocycles. The van der Waals surface area contributed by atoms with Crippen molar-refractivity contribution >= 4 is 0 Å². The molecule has 3 rings (SSSR count). The highest BCUT2D eigenvalue weighted by Gasteiger charge is 2.33. The SMILES string of the molecule is C1=CC2CCC(CCC3CCCC3)C2C=C1. The Labute approximate surface area is 99.8 Å². The summed E-state index contributed by atoms with van der Waals surface area (Å²) in [5, 5.41) is 0. The van der Waals surface area contributed by atoms with Crippen molar-refractivity contribution in [3.8, 4) is 0 Å². The Balaban J connectivity index is 1.51. The predicted molar refractivity (Wildman–Crippen MR) is 69.2 cm³/mol. The molecule has 2 fully saturated rings. The minimum Gasteiger partial charge on any atom is -0.0808 e. The van der Waals surface area contributed by atoms with Crippen LogP contribution in [0.1, 0.15) is 51.4 Å². The monoisotopic (exact) mass is 216 g/mol. The third-order valence-electron chi connectivity index (χ3n) is 5.13. The largest absolute Gasteiger partial charge is 0.0808 e. The fraction of sp³-hybridized carbons (Fsp3) is 0.750. The van der Waals surface area contributed by atoms with Gasteiger partial charge in [-0.2, -0.15) is 0 Å². The van der Waals surface area contributed by atoms with E-state index in [0.717, 1.165) is 23.7 Å². The third kappa shape index (κ3) is 2.12. The lowest BCUT2D eigenvalue weighted by atomic mass is 9.82. The highest BCUT2D eigenvalue weighted by Crippen LogP contribution is 2.44. The van der Waals surface area contributed by atoms with Crippen molar-refractivity contribution in [2.75, 3.05) is 0 Å². The summed E-state index contributed by atoms with van der Waals surface area (Å²) in [4.78, 5) is 0. The normalized spacial score (nSPS) is 38.1. The van der Waals surface area contributed by atoms with Gasteiger partial charge in [0.15, 0.2) is 0 Å². The van der Waals surface area contributed by atoms with Crippen LogP contribution in [0.5, 0.6) is 0 Å². The van der Waals surface area contributed by atoms with Crippen molar-refractivity contribution in [2.45, 2.75) is 51.4 Å². The lowest BCUT2D eigenvalue weighted by Crippen LogP contribution is -2.13. The van der Waals surface area contributed by atoms with E-state index in [1.807, 2.05) is 0 Å². The maximum atomic E-state index is 2.48. The van der Waals surface area contributed by atoms with E-state index in [0.29, 0.717) is 0 Å².